The van der Waals surface area contributed by atoms with Crippen LogP contribution < -0.4 is 11.1 Å². The van der Waals surface area contributed by atoms with Gasteiger partial charge < -0.3 is 10.5 Å². The standard InChI is InChI=1S/C10H17N5O3/c1-4-18-9(17)12-8(16)6-15-5-7(13-14-15)10(2,3)11/h5H,4,6,11H2,1-3H3,(H,12,16,17). The van der Waals surface area contributed by atoms with Crippen LogP contribution in [0.25, 0.3) is 0 Å². The fourth-order valence-electron chi connectivity index (χ4n) is 1.14. The molecular formula is C10H17N5O3. The summed E-state index contributed by atoms with van der Waals surface area (Å²) >= 11 is 0. The van der Waals surface area contributed by atoms with Gasteiger partial charge >= 0.3 is 6.09 Å². The molecule has 1 aromatic heterocycles. The molecule has 0 aliphatic rings. The molecule has 1 heterocycles. The molecule has 0 spiro atoms. The minimum Gasteiger partial charge on any atom is -0.450 e. The molecule has 18 heavy (non-hydrogen) atoms. The number of nitrogens with one attached hydrogen (secondary N) is 1. The monoisotopic (exact) mass is 255 g/mol. The van der Waals surface area contributed by atoms with E-state index in [0.29, 0.717) is 5.69 Å². The normalized spacial score (nSPS) is 11.1. The van der Waals surface area contributed by atoms with E-state index in [9.17, 15) is 9.59 Å². The Morgan fingerprint density at radius 3 is 2.72 bits per heavy atom. The van der Waals surface area contributed by atoms with Gasteiger partial charge in [0.15, 0.2) is 0 Å². The Morgan fingerprint density at radius 2 is 2.22 bits per heavy atom. The zero-order valence-electron chi connectivity index (χ0n) is 10.6. The minimum absolute atomic E-state index is 0.123. The van der Waals surface area contributed by atoms with E-state index in [2.05, 4.69) is 20.4 Å². The molecule has 100 valence electrons. The topological polar surface area (TPSA) is 112 Å². The van der Waals surface area contributed by atoms with Crippen LogP contribution in [0.15, 0.2) is 6.20 Å². The SMILES string of the molecule is CCOC(=O)NC(=O)Cn1cc(C(C)(C)N)nn1. The number of nitrogens with two attached hydrogens (primary N) is 1. The summed E-state index contributed by atoms with van der Waals surface area (Å²) in [5.41, 5.74) is 5.76. The van der Waals surface area contributed by atoms with E-state index in [1.54, 1.807) is 27.0 Å². The Morgan fingerprint density at radius 1 is 1.56 bits per heavy atom. The van der Waals surface area contributed by atoms with Crippen LogP contribution in [-0.4, -0.2) is 33.6 Å². The number of carbonyl (C=O) groups is 2. The van der Waals surface area contributed by atoms with Crippen molar-refractivity contribution >= 4 is 12.0 Å². The molecule has 0 saturated carbocycles. The summed E-state index contributed by atoms with van der Waals surface area (Å²) in [6.07, 6.45) is 0.784. The zero-order valence-corrected chi connectivity index (χ0v) is 10.6. The number of imide groups is 1. The molecule has 8 heteroatoms. The second-order valence-corrected chi connectivity index (χ2v) is 4.29. The van der Waals surface area contributed by atoms with Gasteiger partial charge in [-0.1, -0.05) is 5.21 Å². The average Bonchev–Trinajstić information content (AvgIpc) is 2.65. The lowest BCUT2D eigenvalue weighted by molar-refractivity contribution is -0.121. The van der Waals surface area contributed by atoms with Crippen LogP contribution in [0.4, 0.5) is 4.79 Å². The van der Waals surface area contributed by atoms with Crippen molar-refractivity contribution in [2.75, 3.05) is 6.61 Å². The van der Waals surface area contributed by atoms with Gasteiger partial charge in [0.25, 0.3) is 5.91 Å². The molecule has 0 aliphatic heterocycles. The second-order valence-electron chi connectivity index (χ2n) is 4.29. The highest BCUT2D eigenvalue weighted by atomic mass is 16.5. The van der Waals surface area contributed by atoms with Crippen molar-refractivity contribution in [2.45, 2.75) is 32.9 Å². The van der Waals surface area contributed by atoms with Gasteiger partial charge in [-0.25, -0.2) is 9.48 Å². The number of aromatic nitrogens is 3. The maximum absolute atomic E-state index is 11.4. The molecule has 3 N–H and O–H groups in total. The number of amides is 2. The number of hydrogen-bond acceptors (Lipinski definition) is 6. The highest BCUT2D eigenvalue weighted by molar-refractivity contribution is 5.91. The Balaban J connectivity index is 2.55. The smallest absolute Gasteiger partial charge is 0.413 e. The summed E-state index contributed by atoms with van der Waals surface area (Å²) < 4.78 is 5.88. The summed E-state index contributed by atoms with van der Waals surface area (Å²) in [5.74, 6) is -0.528. The largest absolute Gasteiger partial charge is 0.450 e. The molecule has 8 nitrogen and oxygen atoms in total. The maximum Gasteiger partial charge on any atom is 0.413 e. The fourth-order valence-corrected chi connectivity index (χ4v) is 1.14. The zero-order chi connectivity index (χ0) is 13.8. The van der Waals surface area contributed by atoms with Gasteiger partial charge in [0.1, 0.15) is 12.2 Å². The Labute approximate surface area is 104 Å². The van der Waals surface area contributed by atoms with Gasteiger partial charge in [0, 0.05) is 0 Å². The van der Waals surface area contributed by atoms with E-state index in [0.717, 1.165) is 0 Å². The van der Waals surface area contributed by atoms with Crippen molar-refractivity contribution in [1.29, 1.82) is 0 Å². The van der Waals surface area contributed by atoms with E-state index < -0.39 is 17.5 Å². The third-order valence-electron chi connectivity index (χ3n) is 2.02. The van der Waals surface area contributed by atoms with Gasteiger partial charge in [-0.3, -0.25) is 10.1 Å². The molecule has 0 atom stereocenters. The fraction of sp³-hybridized carbons (Fsp3) is 0.600. The molecule has 1 aromatic rings. The highest BCUT2D eigenvalue weighted by Crippen LogP contribution is 2.12. The molecule has 0 bridgehead atoms. The maximum atomic E-state index is 11.4. The summed E-state index contributed by atoms with van der Waals surface area (Å²) in [6, 6.07) is 0. The van der Waals surface area contributed by atoms with Crippen molar-refractivity contribution in [3.63, 3.8) is 0 Å². The van der Waals surface area contributed by atoms with Crippen LogP contribution in [0.2, 0.25) is 0 Å². The highest BCUT2D eigenvalue weighted by Gasteiger charge is 2.19. The van der Waals surface area contributed by atoms with Gasteiger partial charge in [-0.15, -0.1) is 5.10 Å². The van der Waals surface area contributed by atoms with Crippen molar-refractivity contribution < 1.29 is 14.3 Å². The van der Waals surface area contributed by atoms with E-state index in [1.807, 2.05) is 0 Å². The lowest BCUT2D eigenvalue weighted by Gasteiger charge is -2.13. The van der Waals surface area contributed by atoms with Crippen LogP contribution >= 0.6 is 0 Å². The van der Waals surface area contributed by atoms with E-state index >= 15 is 0 Å². The van der Waals surface area contributed by atoms with Crippen LogP contribution in [0, 0.1) is 0 Å². The molecule has 0 radical (unpaired) electrons. The van der Waals surface area contributed by atoms with Gasteiger partial charge in [0.05, 0.1) is 18.3 Å². The Kier molecular flexibility index (Phi) is 4.38. The van der Waals surface area contributed by atoms with Crippen LogP contribution in [0.5, 0.6) is 0 Å². The molecule has 0 saturated heterocycles. The van der Waals surface area contributed by atoms with Crippen molar-refractivity contribution in [3.05, 3.63) is 11.9 Å². The predicted octanol–water partition coefficient (Wildman–Crippen LogP) is -0.255. The summed E-state index contributed by atoms with van der Waals surface area (Å²) in [4.78, 5) is 22.4. The first kappa shape index (κ1) is 14.1. The number of ether oxygens (including phenoxy) is 1. The first-order valence-electron chi connectivity index (χ1n) is 5.49. The number of alkyl carbamates (subject to hydrolysis) is 1. The van der Waals surface area contributed by atoms with E-state index in [1.165, 1.54) is 4.68 Å². The van der Waals surface area contributed by atoms with E-state index in [-0.39, 0.29) is 13.2 Å². The first-order chi connectivity index (χ1) is 8.32. The predicted molar refractivity (Wildman–Crippen MR) is 62.4 cm³/mol. The summed E-state index contributed by atoms with van der Waals surface area (Å²) in [5, 5.41) is 9.65. The molecule has 0 fully saturated rings. The number of rotatable bonds is 4. The number of carbonyl (C=O) groups excluding carboxylic acids is 2. The molecule has 0 aliphatic carbocycles. The molecular weight excluding hydrogens is 238 g/mol. The lowest BCUT2D eigenvalue weighted by Crippen LogP contribution is -2.34. The van der Waals surface area contributed by atoms with Crippen LogP contribution in [0.3, 0.4) is 0 Å². The van der Waals surface area contributed by atoms with Crippen molar-refractivity contribution in [1.82, 2.24) is 20.3 Å². The third-order valence-corrected chi connectivity index (χ3v) is 2.02. The van der Waals surface area contributed by atoms with Crippen LogP contribution in [-0.2, 0) is 21.6 Å². The Bertz CT molecular complexity index is 435. The van der Waals surface area contributed by atoms with E-state index in [4.69, 9.17) is 5.73 Å². The summed E-state index contributed by atoms with van der Waals surface area (Å²) in [6.45, 7) is 5.28. The van der Waals surface area contributed by atoms with Gasteiger partial charge in [-0.05, 0) is 20.8 Å². The molecule has 0 unspecified atom stereocenters. The molecule has 1 rings (SSSR count). The average molecular weight is 255 g/mol. The molecule has 0 aromatic carbocycles. The number of nitrogens with zero attached hydrogens (tertiary/aromatic N) is 3. The van der Waals surface area contributed by atoms with Crippen molar-refractivity contribution in [3.8, 4) is 0 Å². The lowest BCUT2D eigenvalue weighted by atomic mass is 10.0. The summed E-state index contributed by atoms with van der Waals surface area (Å²) in [7, 11) is 0. The number of hydrogen-bond donors (Lipinski definition) is 2. The van der Waals surface area contributed by atoms with Gasteiger partial charge in [0.2, 0.25) is 0 Å². The minimum atomic E-state index is -0.776. The molecule has 2 amide bonds. The quantitative estimate of drug-likeness (QED) is 0.766. The van der Waals surface area contributed by atoms with Gasteiger partial charge in [-0.2, -0.15) is 0 Å². The Hall–Kier alpha value is -1.96. The third kappa shape index (κ3) is 4.13. The van der Waals surface area contributed by atoms with Crippen LogP contribution in [0.1, 0.15) is 26.5 Å². The van der Waals surface area contributed by atoms with Crippen molar-refractivity contribution in [2.24, 2.45) is 5.73 Å². The second kappa shape index (κ2) is 5.58. The first-order valence-corrected chi connectivity index (χ1v) is 5.49.